The van der Waals surface area contributed by atoms with E-state index in [1.54, 1.807) is 18.7 Å². The summed E-state index contributed by atoms with van der Waals surface area (Å²) in [6.07, 6.45) is 2.02. The standard InChI is InChI=1S/C19H22ClN3O2/c1-13(2)19(25)21-12-17(24)23-11-10-22-9-5-8-16(22)18(23)14-6-3-4-7-15(14)20/h3-9,13,18H,10-12H2,1-2H3,(H,21,25). The number of hydrogen-bond donors (Lipinski definition) is 1. The molecule has 1 unspecified atom stereocenters. The number of nitrogens with one attached hydrogen (secondary N) is 1. The second-order valence-electron chi connectivity index (χ2n) is 6.51. The second-order valence-corrected chi connectivity index (χ2v) is 6.92. The minimum Gasteiger partial charge on any atom is -0.348 e. The van der Waals surface area contributed by atoms with Crippen LogP contribution >= 0.6 is 11.6 Å². The molecular formula is C19H22ClN3O2. The molecule has 1 atom stereocenters. The Labute approximate surface area is 152 Å². The Morgan fingerprint density at radius 1 is 1.20 bits per heavy atom. The molecule has 0 aliphatic carbocycles. The van der Waals surface area contributed by atoms with Crippen molar-refractivity contribution in [3.63, 3.8) is 0 Å². The number of carbonyl (C=O) groups is 2. The zero-order valence-corrected chi connectivity index (χ0v) is 15.2. The molecule has 1 aliphatic rings. The molecule has 25 heavy (non-hydrogen) atoms. The Hall–Kier alpha value is -2.27. The molecule has 2 amide bonds. The monoisotopic (exact) mass is 359 g/mol. The fourth-order valence-corrected chi connectivity index (χ4v) is 3.38. The minimum atomic E-state index is -0.249. The van der Waals surface area contributed by atoms with Crippen molar-refractivity contribution in [2.24, 2.45) is 5.92 Å². The maximum Gasteiger partial charge on any atom is 0.242 e. The van der Waals surface area contributed by atoms with Crippen molar-refractivity contribution in [3.05, 3.63) is 58.9 Å². The lowest BCUT2D eigenvalue weighted by atomic mass is 9.99. The van der Waals surface area contributed by atoms with Crippen molar-refractivity contribution in [3.8, 4) is 0 Å². The molecule has 132 valence electrons. The van der Waals surface area contributed by atoms with Gasteiger partial charge in [-0.3, -0.25) is 9.59 Å². The van der Waals surface area contributed by atoms with Crippen LogP contribution in [0.25, 0.3) is 0 Å². The molecular weight excluding hydrogens is 338 g/mol. The summed E-state index contributed by atoms with van der Waals surface area (Å²) in [5.41, 5.74) is 1.93. The number of halogens is 1. The van der Waals surface area contributed by atoms with E-state index < -0.39 is 0 Å². The zero-order chi connectivity index (χ0) is 18.0. The van der Waals surface area contributed by atoms with E-state index in [0.717, 1.165) is 17.8 Å². The van der Waals surface area contributed by atoms with Gasteiger partial charge in [0.05, 0.1) is 12.6 Å². The molecule has 2 aromatic rings. The van der Waals surface area contributed by atoms with Gasteiger partial charge in [0.1, 0.15) is 0 Å². The van der Waals surface area contributed by atoms with Crippen LogP contribution in [0, 0.1) is 5.92 Å². The van der Waals surface area contributed by atoms with Gasteiger partial charge in [-0.1, -0.05) is 43.6 Å². The summed E-state index contributed by atoms with van der Waals surface area (Å²) in [4.78, 5) is 26.4. The van der Waals surface area contributed by atoms with Gasteiger partial charge < -0.3 is 14.8 Å². The van der Waals surface area contributed by atoms with Crippen LogP contribution in [0.4, 0.5) is 0 Å². The quantitative estimate of drug-likeness (QED) is 0.912. The number of benzene rings is 1. The van der Waals surface area contributed by atoms with Crippen LogP contribution in [0.5, 0.6) is 0 Å². The molecule has 5 nitrogen and oxygen atoms in total. The Morgan fingerprint density at radius 2 is 1.96 bits per heavy atom. The number of hydrogen-bond acceptors (Lipinski definition) is 2. The van der Waals surface area contributed by atoms with Crippen molar-refractivity contribution in [1.82, 2.24) is 14.8 Å². The number of aromatic nitrogens is 1. The molecule has 1 aromatic carbocycles. The van der Waals surface area contributed by atoms with Crippen molar-refractivity contribution in [2.75, 3.05) is 13.1 Å². The number of fused-ring (bicyclic) bond motifs is 1. The topological polar surface area (TPSA) is 54.3 Å². The van der Waals surface area contributed by atoms with Crippen LogP contribution in [0.15, 0.2) is 42.6 Å². The van der Waals surface area contributed by atoms with E-state index in [4.69, 9.17) is 11.6 Å². The summed E-state index contributed by atoms with van der Waals surface area (Å²) < 4.78 is 2.14. The average Bonchev–Trinajstić information content (AvgIpc) is 3.07. The molecule has 1 aliphatic heterocycles. The first-order chi connectivity index (χ1) is 12.0. The van der Waals surface area contributed by atoms with E-state index in [1.807, 2.05) is 42.6 Å². The first-order valence-corrected chi connectivity index (χ1v) is 8.83. The van der Waals surface area contributed by atoms with Crippen LogP contribution in [0.1, 0.15) is 31.1 Å². The Morgan fingerprint density at radius 3 is 2.68 bits per heavy atom. The molecule has 0 saturated carbocycles. The van der Waals surface area contributed by atoms with E-state index in [-0.39, 0.29) is 30.3 Å². The first-order valence-electron chi connectivity index (χ1n) is 8.45. The molecule has 0 saturated heterocycles. The SMILES string of the molecule is CC(C)C(=O)NCC(=O)N1CCn2cccc2C1c1ccccc1Cl. The fraction of sp³-hybridized carbons (Fsp3) is 0.368. The van der Waals surface area contributed by atoms with Crippen LogP contribution in [-0.4, -0.2) is 34.4 Å². The fourth-order valence-electron chi connectivity index (χ4n) is 3.14. The van der Waals surface area contributed by atoms with Crippen molar-refractivity contribution in [2.45, 2.75) is 26.4 Å². The lowest BCUT2D eigenvalue weighted by molar-refractivity contribution is -0.135. The molecule has 3 rings (SSSR count). The highest BCUT2D eigenvalue weighted by Gasteiger charge is 2.33. The number of amides is 2. The highest BCUT2D eigenvalue weighted by molar-refractivity contribution is 6.31. The minimum absolute atomic E-state index is 0.00131. The van der Waals surface area contributed by atoms with Crippen LogP contribution < -0.4 is 5.32 Å². The lowest BCUT2D eigenvalue weighted by Gasteiger charge is -2.37. The normalized spacial score (nSPS) is 16.6. The maximum absolute atomic E-state index is 12.8. The Balaban J connectivity index is 1.89. The summed E-state index contributed by atoms with van der Waals surface area (Å²) in [6, 6.07) is 11.3. The van der Waals surface area contributed by atoms with Crippen LogP contribution in [-0.2, 0) is 16.1 Å². The van der Waals surface area contributed by atoms with Crippen molar-refractivity contribution < 1.29 is 9.59 Å². The molecule has 0 radical (unpaired) electrons. The molecule has 1 aromatic heterocycles. The zero-order valence-electron chi connectivity index (χ0n) is 14.4. The third kappa shape index (κ3) is 3.56. The van der Waals surface area contributed by atoms with E-state index in [9.17, 15) is 9.59 Å². The molecule has 2 heterocycles. The van der Waals surface area contributed by atoms with E-state index in [1.165, 1.54) is 0 Å². The third-order valence-electron chi connectivity index (χ3n) is 4.50. The van der Waals surface area contributed by atoms with Crippen molar-refractivity contribution >= 4 is 23.4 Å². The van der Waals surface area contributed by atoms with Gasteiger partial charge in [-0.05, 0) is 23.8 Å². The van der Waals surface area contributed by atoms with Gasteiger partial charge in [-0.25, -0.2) is 0 Å². The van der Waals surface area contributed by atoms with Gasteiger partial charge in [0.15, 0.2) is 0 Å². The number of carbonyl (C=O) groups excluding carboxylic acids is 2. The van der Waals surface area contributed by atoms with Crippen molar-refractivity contribution in [1.29, 1.82) is 0 Å². The summed E-state index contributed by atoms with van der Waals surface area (Å²) in [5, 5.41) is 3.34. The predicted octanol–water partition coefficient (Wildman–Crippen LogP) is 2.85. The van der Waals surface area contributed by atoms with Gasteiger partial charge in [-0.2, -0.15) is 0 Å². The highest BCUT2D eigenvalue weighted by atomic mass is 35.5. The smallest absolute Gasteiger partial charge is 0.242 e. The Bertz CT molecular complexity index is 784. The average molecular weight is 360 g/mol. The van der Waals surface area contributed by atoms with Gasteiger partial charge in [0, 0.05) is 35.9 Å². The molecule has 0 bridgehead atoms. The highest BCUT2D eigenvalue weighted by Crippen LogP contribution is 2.35. The maximum atomic E-state index is 12.8. The first kappa shape index (κ1) is 17.5. The third-order valence-corrected chi connectivity index (χ3v) is 4.84. The summed E-state index contributed by atoms with van der Waals surface area (Å²) >= 11 is 6.41. The second kappa shape index (κ2) is 7.31. The van der Waals surface area contributed by atoms with E-state index >= 15 is 0 Å². The van der Waals surface area contributed by atoms with Gasteiger partial charge >= 0.3 is 0 Å². The summed E-state index contributed by atoms with van der Waals surface area (Å²) in [5.74, 6) is -0.375. The van der Waals surface area contributed by atoms with E-state index in [0.29, 0.717) is 11.6 Å². The van der Waals surface area contributed by atoms with Gasteiger partial charge in [0.2, 0.25) is 11.8 Å². The summed E-state index contributed by atoms with van der Waals surface area (Å²) in [7, 11) is 0. The largest absolute Gasteiger partial charge is 0.348 e. The summed E-state index contributed by atoms with van der Waals surface area (Å²) in [6.45, 7) is 4.92. The van der Waals surface area contributed by atoms with Gasteiger partial charge in [-0.15, -0.1) is 0 Å². The molecule has 0 spiro atoms. The van der Waals surface area contributed by atoms with Crippen LogP contribution in [0.2, 0.25) is 5.02 Å². The Kier molecular flexibility index (Phi) is 5.13. The van der Waals surface area contributed by atoms with Crippen LogP contribution in [0.3, 0.4) is 0 Å². The molecule has 1 N–H and O–H groups in total. The van der Waals surface area contributed by atoms with E-state index in [2.05, 4.69) is 9.88 Å². The number of rotatable bonds is 4. The van der Waals surface area contributed by atoms with Gasteiger partial charge in [0.25, 0.3) is 0 Å². The molecule has 0 fully saturated rings. The number of nitrogens with zero attached hydrogens (tertiary/aromatic N) is 2. The predicted molar refractivity (Wildman–Crippen MR) is 97.3 cm³/mol. The lowest BCUT2D eigenvalue weighted by Crippen LogP contribution is -2.47. The molecule has 6 heteroatoms.